The van der Waals surface area contributed by atoms with Crippen molar-refractivity contribution in [3.63, 3.8) is 0 Å². The van der Waals surface area contributed by atoms with Crippen LogP contribution in [0.25, 0.3) is 0 Å². The number of thiazole rings is 1. The summed E-state index contributed by atoms with van der Waals surface area (Å²) < 4.78 is 31.7. The second kappa shape index (κ2) is 8.21. The van der Waals surface area contributed by atoms with Crippen LogP contribution >= 0.6 is 11.3 Å². The van der Waals surface area contributed by atoms with E-state index in [1.807, 2.05) is 5.32 Å². The number of carbonyl (C=O) groups is 3. The lowest BCUT2D eigenvalue weighted by Crippen LogP contribution is -2.24. The van der Waals surface area contributed by atoms with E-state index in [9.17, 15) is 23.2 Å². The van der Waals surface area contributed by atoms with Crippen molar-refractivity contribution >= 4 is 39.9 Å². The molecular weight excluding hydrogens is 380 g/mol. The largest absolute Gasteiger partial charge is 0.455 e. The maximum atomic E-state index is 13.5. The molecule has 0 saturated carbocycles. The zero-order valence-electron chi connectivity index (χ0n) is 14.0. The number of aromatic nitrogens is 1. The molecule has 2 amide bonds. The van der Waals surface area contributed by atoms with Gasteiger partial charge >= 0.3 is 5.97 Å². The fourth-order valence-electron chi connectivity index (χ4n) is 2.49. The molecular formula is C17H15F2N3O4S. The van der Waals surface area contributed by atoms with Gasteiger partial charge < -0.3 is 10.1 Å². The lowest BCUT2D eigenvalue weighted by Gasteiger charge is -2.10. The number of hydrogen-bond donors (Lipinski definition) is 1. The summed E-state index contributed by atoms with van der Waals surface area (Å²) in [5.74, 6) is -3.45. The van der Waals surface area contributed by atoms with Crippen LogP contribution in [0.15, 0.2) is 23.6 Å². The molecule has 1 aliphatic heterocycles. The molecule has 142 valence electrons. The van der Waals surface area contributed by atoms with E-state index in [4.69, 9.17) is 4.74 Å². The summed E-state index contributed by atoms with van der Waals surface area (Å²) in [6.07, 6.45) is 1.07. The van der Waals surface area contributed by atoms with Crippen LogP contribution in [0, 0.1) is 11.6 Å². The van der Waals surface area contributed by atoms with Crippen LogP contribution < -0.4 is 10.2 Å². The maximum absolute atomic E-state index is 13.5. The van der Waals surface area contributed by atoms with Crippen LogP contribution in [0.3, 0.4) is 0 Å². The summed E-state index contributed by atoms with van der Waals surface area (Å²) in [6, 6.07) is 3.16. The summed E-state index contributed by atoms with van der Waals surface area (Å²) in [5.41, 5.74) is -0.182. The summed E-state index contributed by atoms with van der Waals surface area (Å²) >= 11 is 1.25. The number of amides is 2. The van der Waals surface area contributed by atoms with Crippen molar-refractivity contribution < 1.29 is 27.9 Å². The first-order valence-electron chi connectivity index (χ1n) is 8.08. The molecule has 0 unspecified atom stereocenters. The predicted molar refractivity (Wildman–Crippen MR) is 93.4 cm³/mol. The second-order valence-electron chi connectivity index (χ2n) is 5.75. The molecule has 1 aromatic heterocycles. The highest BCUT2D eigenvalue weighted by Crippen LogP contribution is 2.25. The van der Waals surface area contributed by atoms with Gasteiger partial charge in [-0.05, 0) is 18.6 Å². The number of esters is 1. The zero-order chi connectivity index (χ0) is 19.4. The Morgan fingerprint density at radius 3 is 2.70 bits per heavy atom. The zero-order valence-corrected chi connectivity index (χ0v) is 14.9. The number of benzene rings is 1. The number of nitrogens with zero attached hydrogens (tertiary/aromatic N) is 2. The molecule has 10 heteroatoms. The third-order valence-corrected chi connectivity index (χ3v) is 4.67. The average Bonchev–Trinajstić information content (AvgIpc) is 3.25. The van der Waals surface area contributed by atoms with Gasteiger partial charge in [-0.25, -0.2) is 13.8 Å². The van der Waals surface area contributed by atoms with Crippen molar-refractivity contribution in [2.45, 2.75) is 19.3 Å². The molecule has 0 spiro atoms. The number of rotatable bonds is 6. The molecule has 2 heterocycles. The first kappa shape index (κ1) is 18.9. The normalized spacial score (nSPS) is 13.7. The van der Waals surface area contributed by atoms with Crippen molar-refractivity contribution in [2.24, 2.45) is 0 Å². The van der Waals surface area contributed by atoms with Gasteiger partial charge in [0.15, 0.2) is 11.7 Å². The SMILES string of the molecule is O=C(COC(=O)Cc1csc(N2CCCC2=O)n1)Nc1c(F)cccc1F. The number of ether oxygens (including phenoxy) is 1. The number of carbonyl (C=O) groups excluding carboxylic acids is 3. The fraction of sp³-hybridized carbons (Fsp3) is 0.294. The average molecular weight is 395 g/mol. The monoisotopic (exact) mass is 395 g/mol. The standard InChI is InChI=1S/C17H15F2N3O4S/c18-11-3-1-4-12(19)16(11)21-13(23)8-26-15(25)7-10-9-27-17(20-10)22-6-2-5-14(22)24/h1,3-4,9H,2,5-8H2,(H,21,23). The molecule has 0 bridgehead atoms. The predicted octanol–water partition coefficient (Wildman–Crippen LogP) is 2.27. The van der Waals surface area contributed by atoms with Crippen molar-refractivity contribution in [3.8, 4) is 0 Å². The van der Waals surface area contributed by atoms with Gasteiger partial charge in [0.1, 0.15) is 17.3 Å². The van der Waals surface area contributed by atoms with Crippen molar-refractivity contribution in [2.75, 3.05) is 23.4 Å². The van der Waals surface area contributed by atoms with Gasteiger partial charge in [-0.1, -0.05) is 6.07 Å². The summed E-state index contributed by atoms with van der Waals surface area (Å²) in [5, 5.41) is 4.18. The molecule has 1 fully saturated rings. The molecule has 27 heavy (non-hydrogen) atoms. The third-order valence-electron chi connectivity index (χ3n) is 3.76. The van der Waals surface area contributed by atoms with Crippen molar-refractivity contribution in [3.05, 3.63) is 40.9 Å². The van der Waals surface area contributed by atoms with Crippen LogP contribution in [-0.4, -0.2) is 35.9 Å². The van der Waals surface area contributed by atoms with Gasteiger partial charge in [0.2, 0.25) is 5.91 Å². The quantitative estimate of drug-likeness (QED) is 0.758. The van der Waals surface area contributed by atoms with E-state index >= 15 is 0 Å². The Morgan fingerprint density at radius 1 is 1.30 bits per heavy atom. The Hall–Kier alpha value is -2.88. The highest BCUT2D eigenvalue weighted by atomic mass is 32.1. The van der Waals surface area contributed by atoms with Gasteiger partial charge in [-0.3, -0.25) is 19.3 Å². The van der Waals surface area contributed by atoms with E-state index in [0.29, 0.717) is 23.8 Å². The number of hydrogen-bond acceptors (Lipinski definition) is 6. The first-order valence-corrected chi connectivity index (χ1v) is 8.96. The number of nitrogens with one attached hydrogen (secondary N) is 1. The number of halogens is 2. The van der Waals surface area contributed by atoms with Crippen molar-refractivity contribution in [1.29, 1.82) is 0 Å². The Kier molecular flexibility index (Phi) is 5.75. The molecule has 0 radical (unpaired) electrons. The highest BCUT2D eigenvalue weighted by Gasteiger charge is 2.24. The fourth-order valence-corrected chi connectivity index (χ4v) is 3.36. The van der Waals surface area contributed by atoms with Crippen LogP contribution in [0.5, 0.6) is 0 Å². The van der Waals surface area contributed by atoms with Crippen LogP contribution in [0.2, 0.25) is 0 Å². The molecule has 0 atom stereocenters. The summed E-state index contributed by atoms with van der Waals surface area (Å²) in [6.45, 7) is -0.0861. The maximum Gasteiger partial charge on any atom is 0.312 e. The highest BCUT2D eigenvalue weighted by molar-refractivity contribution is 7.14. The van der Waals surface area contributed by atoms with Gasteiger partial charge in [0, 0.05) is 18.3 Å². The van der Waals surface area contributed by atoms with E-state index in [1.54, 1.807) is 10.3 Å². The van der Waals surface area contributed by atoms with E-state index in [-0.39, 0.29) is 12.3 Å². The first-order chi connectivity index (χ1) is 12.9. The lowest BCUT2D eigenvalue weighted by molar-refractivity contribution is -0.146. The number of anilines is 2. The molecule has 3 rings (SSSR count). The molecule has 1 N–H and O–H groups in total. The number of para-hydroxylation sites is 1. The molecule has 2 aromatic rings. The van der Waals surface area contributed by atoms with E-state index in [0.717, 1.165) is 24.6 Å². The van der Waals surface area contributed by atoms with E-state index < -0.39 is 35.8 Å². The van der Waals surface area contributed by atoms with Crippen LogP contribution in [0.1, 0.15) is 18.5 Å². The molecule has 1 aromatic carbocycles. The molecule has 1 aliphatic rings. The van der Waals surface area contributed by atoms with Gasteiger partial charge in [0.05, 0.1) is 12.1 Å². The molecule has 7 nitrogen and oxygen atoms in total. The van der Waals surface area contributed by atoms with Crippen LogP contribution in [-0.2, 0) is 25.5 Å². The second-order valence-corrected chi connectivity index (χ2v) is 6.59. The minimum absolute atomic E-state index is 0.00414. The van der Waals surface area contributed by atoms with Gasteiger partial charge in [0.25, 0.3) is 5.91 Å². The lowest BCUT2D eigenvalue weighted by atomic mass is 10.3. The third kappa shape index (κ3) is 4.64. The Bertz CT molecular complexity index is 867. The van der Waals surface area contributed by atoms with Crippen LogP contribution in [0.4, 0.5) is 19.6 Å². The smallest absolute Gasteiger partial charge is 0.312 e. The molecule has 0 aliphatic carbocycles. The Labute approximate surface area is 157 Å². The van der Waals surface area contributed by atoms with E-state index in [2.05, 4.69) is 4.98 Å². The van der Waals surface area contributed by atoms with Gasteiger partial charge in [-0.15, -0.1) is 11.3 Å². The Balaban J connectivity index is 1.49. The minimum atomic E-state index is -0.930. The topological polar surface area (TPSA) is 88.6 Å². The Morgan fingerprint density at radius 2 is 2.04 bits per heavy atom. The van der Waals surface area contributed by atoms with Gasteiger partial charge in [-0.2, -0.15) is 0 Å². The summed E-state index contributed by atoms with van der Waals surface area (Å²) in [7, 11) is 0. The van der Waals surface area contributed by atoms with E-state index in [1.165, 1.54) is 11.3 Å². The minimum Gasteiger partial charge on any atom is -0.455 e. The van der Waals surface area contributed by atoms with Crippen molar-refractivity contribution in [1.82, 2.24) is 4.98 Å². The molecule has 1 saturated heterocycles. The summed E-state index contributed by atoms with van der Waals surface area (Å²) in [4.78, 5) is 41.0.